The van der Waals surface area contributed by atoms with E-state index in [4.69, 9.17) is 4.74 Å². The van der Waals surface area contributed by atoms with Gasteiger partial charge in [-0.3, -0.25) is 24.2 Å². The molecule has 3 unspecified atom stereocenters. The van der Waals surface area contributed by atoms with Gasteiger partial charge in [-0.05, 0) is 61.1 Å². The lowest BCUT2D eigenvalue weighted by atomic mass is 9.81. The number of rotatable bonds is 20. The van der Waals surface area contributed by atoms with E-state index in [0.717, 1.165) is 42.9 Å². The minimum Gasteiger partial charge on any atom is -0.483 e. The van der Waals surface area contributed by atoms with Crippen molar-refractivity contribution in [2.45, 2.75) is 123 Å². The summed E-state index contributed by atoms with van der Waals surface area (Å²) in [5, 5.41) is 35.7. The van der Waals surface area contributed by atoms with Crippen molar-refractivity contribution < 1.29 is 34.1 Å². The summed E-state index contributed by atoms with van der Waals surface area (Å²) >= 11 is 0. The number of carbonyl (C=O) groups excluding carboxylic acids is 4. The number of pyridine rings is 1. The molecule has 3 aromatic rings. The summed E-state index contributed by atoms with van der Waals surface area (Å²) < 4.78 is 5.82. The van der Waals surface area contributed by atoms with E-state index in [0.29, 0.717) is 24.3 Å². The van der Waals surface area contributed by atoms with Gasteiger partial charge < -0.3 is 36.2 Å². The van der Waals surface area contributed by atoms with Crippen LogP contribution in [0.25, 0.3) is 10.8 Å². The third-order valence-electron chi connectivity index (χ3n) is 10.9. The number of nitrogens with one attached hydrogen (secondary N) is 4. The van der Waals surface area contributed by atoms with E-state index in [1.807, 2.05) is 76.2 Å². The molecule has 300 valence electrons. The van der Waals surface area contributed by atoms with Crippen molar-refractivity contribution in [2.75, 3.05) is 6.61 Å². The number of fused-ring (bicyclic) bond motifs is 1. The number of aromatic nitrogens is 1. The first-order valence-electron chi connectivity index (χ1n) is 19.9. The Kier molecular flexibility index (Phi) is 16.9. The number of benzene rings is 2. The zero-order valence-electron chi connectivity index (χ0n) is 33.0. The second-order valence-electron chi connectivity index (χ2n) is 15.5. The number of ether oxygens (including phenoxy) is 1. The Balaban J connectivity index is 1.44. The molecule has 1 aromatic heterocycles. The van der Waals surface area contributed by atoms with Crippen molar-refractivity contribution in [2.24, 2.45) is 23.7 Å². The van der Waals surface area contributed by atoms with Gasteiger partial charge in [0, 0.05) is 17.5 Å². The molecule has 1 fully saturated rings. The van der Waals surface area contributed by atoms with Gasteiger partial charge in [0.1, 0.15) is 17.8 Å². The minimum atomic E-state index is -1.31. The van der Waals surface area contributed by atoms with Crippen LogP contribution >= 0.6 is 0 Å². The largest absolute Gasteiger partial charge is 0.483 e. The average molecular weight is 760 g/mol. The van der Waals surface area contributed by atoms with Gasteiger partial charge >= 0.3 is 0 Å². The van der Waals surface area contributed by atoms with E-state index in [-0.39, 0.29) is 49.1 Å². The lowest BCUT2D eigenvalue weighted by Gasteiger charge is -2.34. The molecule has 4 rings (SSSR count). The Morgan fingerprint density at radius 1 is 0.818 bits per heavy atom. The fourth-order valence-electron chi connectivity index (χ4n) is 7.31. The first-order valence-corrected chi connectivity index (χ1v) is 19.9. The maximum absolute atomic E-state index is 13.9. The van der Waals surface area contributed by atoms with Gasteiger partial charge in [0.15, 0.2) is 6.61 Å². The summed E-state index contributed by atoms with van der Waals surface area (Å²) in [6.07, 6.45) is 5.62. The van der Waals surface area contributed by atoms with E-state index in [1.165, 1.54) is 6.92 Å². The van der Waals surface area contributed by atoms with Gasteiger partial charge in [-0.2, -0.15) is 0 Å². The third kappa shape index (κ3) is 13.0. The van der Waals surface area contributed by atoms with Crippen LogP contribution < -0.4 is 26.0 Å². The normalized spacial score (nSPS) is 17.2. The van der Waals surface area contributed by atoms with Crippen molar-refractivity contribution in [1.82, 2.24) is 26.3 Å². The first-order chi connectivity index (χ1) is 26.4. The molecule has 55 heavy (non-hydrogen) atoms. The average Bonchev–Trinajstić information content (AvgIpc) is 3.19. The molecule has 12 heteroatoms. The minimum absolute atomic E-state index is 0.0362. The predicted octanol–water partition coefficient (Wildman–Crippen LogP) is 4.80. The molecule has 1 heterocycles. The molecule has 1 aliphatic rings. The number of hydrogen-bond donors (Lipinski definition) is 6. The van der Waals surface area contributed by atoms with Crippen LogP contribution in [0.2, 0.25) is 0 Å². The highest BCUT2D eigenvalue weighted by Crippen LogP contribution is 2.30. The smallest absolute Gasteiger partial charge is 0.258 e. The highest BCUT2D eigenvalue weighted by Gasteiger charge is 2.36. The summed E-state index contributed by atoms with van der Waals surface area (Å²) in [6, 6.07) is 15.8. The van der Waals surface area contributed by atoms with Crippen LogP contribution in [-0.4, -0.2) is 75.8 Å². The van der Waals surface area contributed by atoms with Crippen LogP contribution in [0.1, 0.15) is 91.7 Å². The number of carbonyl (C=O) groups is 4. The molecule has 12 nitrogen and oxygen atoms in total. The highest BCUT2D eigenvalue weighted by atomic mass is 16.5. The Morgan fingerprint density at radius 3 is 2.20 bits per heavy atom. The Bertz CT molecular complexity index is 1670. The molecule has 0 saturated heterocycles. The Labute approximate surface area is 325 Å². The molecular weight excluding hydrogens is 699 g/mol. The molecule has 4 amide bonds. The van der Waals surface area contributed by atoms with Gasteiger partial charge in [0.25, 0.3) is 5.91 Å². The van der Waals surface area contributed by atoms with Crippen molar-refractivity contribution in [3.63, 3.8) is 0 Å². The van der Waals surface area contributed by atoms with Gasteiger partial charge in [-0.1, -0.05) is 109 Å². The first kappa shape index (κ1) is 43.2. The molecule has 1 aliphatic carbocycles. The van der Waals surface area contributed by atoms with Crippen molar-refractivity contribution in [3.8, 4) is 5.75 Å². The number of hydrogen-bond acceptors (Lipinski definition) is 8. The monoisotopic (exact) mass is 759 g/mol. The molecular formula is C43H61N5O7. The van der Waals surface area contributed by atoms with E-state index in [1.54, 1.807) is 18.3 Å². The topological polar surface area (TPSA) is 179 Å². The summed E-state index contributed by atoms with van der Waals surface area (Å²) in [5.74, 6) is -2.14. The number of aliphatic hydroxyl groups is 2. The predicted molar refractivity (Wildman–Crippen MR) is 213 cm³/mol. The zero-order chi connectivity index (χ0) is 39.9. The van der Waals surface area contributed by atoms with Crippen LogP contribution in [0, 0.1) is 23.7 Å². The molecule has 0 bridgehead atoms. The summed E-state index contributed by atoms with van der Waals surface area (Å²) in [5.41, 5.74) is 0.700. The quantitative estimate of drug-likeness (QED) is 0.0951. The SMILES string of the molecule is CC[C@H](C)C(NC(=O)[C@@H](C[C@H](O)C(CC1CCCCC1)NC(=O)[C@@H](NC(=O)COc1cccc2ccccc12)C(C)O)C(C)C)C(=O)NCc1ccccn1. The zero-order valence-corrected chi connectivity index (χ0v) is 33.0. The molecule has 1 saturated carbocycles. The van der Waals surface area contributed by atoms with Crippen LogP contribution in [0.4, 0.5) is 0 Å². The lowest BCUT2D eigenvalue weighted by molar-refractivity contribution is -0.135. The van der Waals surface area contributed by atoms with Gasteiger partial charge in [0.05, 0.1) is 30.5 Å². The second-order valence-corrected chi connectivity index (χ2v) is 15.5. The molecule has 2 aromatic carbocycles. The van der Waals surface area contributed by atoms with Gasteiger partial charge in [-0.15, -0.1) is 0 Å². The summed E-state index contributed by atoms with van der Waals surface area (Å²) in [4.78, 5) is 58.4. The summed E-state index contributed by atoms with van der Waals surface area (Å²) in [7, 11) is 0. The van der Waals surface area contributed by atoms with E-state index in [2.05, 4.69) is 26.3 Å². The van der Waals surface area contributed by atoms with E-state index < -0.39 is 48.1 Å². The van der Waals surface area contributed by atoms with E-state index >= 15 is 0 Å². The van der Waals surface area contributed by atoms with Gasteiger partial charge in [0.2, 0.25) is 17.7 Å². The van der Waals surface area contributed by atoms with Crippen LogP contribution in [0.15, 0.2) is 66.9 Å². The highest BCUT2D eigenvalue weighted by molar-refractivity contribution is 5.91. The van der Waals surface area contributed by atoms with Crippen LogP contribution in [0.3, 0.4) is 0 Å². The Hall–Kier alpha value is -4.55. The maximum Gasteiger partial charge on any atom is 0.258 e. The fourth-order valence-corrected chi connectivity index (χ4v) is 7.31. The summed E-state index contributed by atoms with van der Waals surface area (Å²) in [6.45, 7) is 8.93. The molecule has 0 radical (unpaired) electrons. The van der Waals surface area contributed by atoms with Crippen molar-refractivity contribution >= 4 is 34.4 Å². The van der Waals surface area contributed by atoms with Crippen molar-refractivity contribution in [1.29, 1.82) is 0 Å². The standard InChI is InChI=1S/C43H61N5O7/c1-6-28(4)39(42(53)45-25-32-19-12-13-22-44-32)48-41(52)34(27(2)3)24-36(50)35(23-30-15-8-7-9-16-30)46-43(54)40(29(5)49)47-38(51)26-55-37-21-14-18-31-17-10-11-20-33(31)37/h10-14,17-22,27-30,34-36,39-40,49-50H,6-9,15-16,23-26H2,1-5H3,(H,45,53)(H,46,54)(H,47,51)(H,48,52)/t28-,29?,34-,35?,36-,39?,40-/m0/s1. The van der Waals surface area contributed by atoms with Crippen LogP contribution in [-0.2, 0) is 25.7 Å². The molecule has 7 atom stereocenters. The number of amides is 4. The third-order valence-corrected chi connectivity index (χ3v) is 10.9. The molecule has 6 N–H and O–H groups in total. The number of nitrogens with zero attached hydrogens (tertiary/aromatic N) is 1. The van der Waals surface area contributed by atoms with E-state index in [9.17, 15) is 29.4 Å². The van der Waals surface area contributed by atoms with Crippen LogP contribution in [0.5, 0.6) is 5.75 Å². The Morgan fingerprint density at radius 2 is 1.53 bits per heavy atom. The maximum atomic E-state index is 13.9. The molecule has 0 spiro atoms. The fraction of sp³-hybridized carbons (Fsp3) is 0.558. The molecule has 0 aliphatic heterocycles. The van der Waals surface area contributed by atoms with Crippen molar-refractivity contribution in [3.05, 3.63) is 72.6 Å². The van der Waals surface area contributed by atoms with Gasteiger partial charge in [-0.25, -0.2) is 0 Å². The number of aliphatic hydroxyl groups excluding tert-OH is 2. The second kappa shape index (κ2) is 21.5. The lowest BCUT2D eigenvalue weighted by Crippen LogP contribution is -2.57.